The number of methoxy groups -OCH3 is 1. The van der Waals surface area contributed by atoms with E-state index in [0.717, 1.165) is 7.11 Å². The van der Waals surface area contributed by atoms with Crippen molar-refractivity contribution in [1.29, 1.82) is 0 Å². The monoisotopic (exact) mass is 262 g/mol. The summed E-state index contributed by atoms with van der Waals surface area (Å²) < 4.78 is 29.4. The van der Waals surface area contributed by atoms with Crippen LogP contribution in [0.1, 0.15) is 17.7 Å². The molecule has 0 atom stereocenters. The summed E-state index contributed by atoms with van der Waals surface area (Å²) in [5, 5.41) is 20.1. The molecule has 0 aliphatic heterocycles. The maximum absolute atomic E-state index is 12.6. The third-order valence-electron chi connectivity index (χ3n) is 2.10. The van der Waals surface area contributed by atoms with Crippen molar-refractivity contribution in [2.24, 2.45) is 0 Å². The molecule has 1 heterocycles. The number of ether oxygens (including phenoxy) is 1. The number of pyridine rings is 1. The molecular weight excluding hydrogens is 254 g/mol. The zero-order valence-corrected chi connectivity index (χ0v) is 9.09. The molecule has 0 amide bonds. The fraction of sp³-hybridized carbons (Fsp3) is 0.333. The molecule has 0 fully saturated rings. The third-order valence-corrected chi connectivity index (χ3v) is 2.10. The van der Waals surface area contributed by atoms with Crippen molar-refractivity contribution in [1.82, 2.24) is 4.98 Å². The summed E-state index contributed by atoms with van der Waals surface area (Å²) in [6.07, 6.45) is -3.25. The second-order valence-corrected chi connectivity index (χ2v) is 3.17. The van der Waals surface area contributed by atoms with Gasteiger partial charge in [-0.25, -0.2) is 13.8 Å². The lowest BCUT2D eigenvalue weighted by molar-refractivity contribution is -0.387. The number of nitrogens with zero attached hydrogens (tertiary/aromatic N) is 2. The second kappa shape index (κ2) is 5.34. The zero-order valence-electron chi connectivity index (χ0n) is 9.09. The van der Waals surface area contributed by atoms with E-state index in [4.69, 9.17) is 0 Å². The standard InChI is InChI=1S/C9H8F2N2O5/c1-18-6(15)2-4-5(14)3-12-7(9(10)11)8(4)13(16)17/h3,9,14H,2H2,1H3. The van der Waals surface area contributed by atoms with Crippen LogP contribution in [0.2, 0.25) is 0 Å². The Balaban J connectivity index is 3.41. The van der Waals surface area contributed by atoms with Gasteiger partial charge in [0.1, 0.15) is 5.75 Å². The van der Waals surface area contributed by atoms with Gasteiger partial charge in [-0.1, -0.05) is 0 Å². The van der Waals surface area contributed by atoms with Crippen LogP contribution in [0.15, 0.2) is 6.20 Å². The number of hydrogen-bond acceptors (Lipinski definition) is 6. The first-order valence-corrected chi connectivity index (χ1v) is 4.58. The van der Waals surface area contributed by atoms with Crippen molar-refractivity contribution < 1.29 is 28.3 Å². The van der Waals surface area contributed by atoms with Gasteiger partial charge in [-0.15, -0.1) is 0 Å². The normalized spacial score (nSPS) is 10.4. The van der Waals surface area contributed by atoms with Crippen LogP contribution in [0.25, 0.3) is 0 Å². The minimum atomic E-state index is -3.19. The van der Waals surface area contributed by atoms with Crippen LogP contribution in [0.3, 0.4) is 0 Å². The lowest BCUT2D eigenvalue weighted by atomic mass is 10.1. The Morgan fingerprint density at radius 2 is 2.28 bits per heavy atom. The van der Waals surface area contributed by atoms with Gasteiger partial charge >= 0.3 is 11.7 Å². The molecule has 0 spiro atoms. The molecule has 98 valence electrons. The van der Waals surface area contributed by atoms with Gasteiger partial charge in [0.2, 0.25) is 0 Å². The Morgan fingerprint density at radius 1 is 1.67 bits per heavy atom. The average Bonchev–Trinajstić information content (AvgIpc) is 2.30. The van der Waals surface area contributed by atoms with E-state index in [1.54, 1.807) is 0 Å². The number of carbonyl (C=O) groups is 1. The summed E-state index contributed by atoms with van der Waals surface area (Å²) >= 11 is 0. The van der Waals surface area contributed by atoms with Crippen LogP contribution in [-0.4, -0.2) is 28.1 Å². The molecule has 0 unspecified atom stereocenters. The number of carbonyl (C=O) groups excluding carboxylic acids is 1. The molecule has 1 aromatic heterocycles. The topological polar surface area (TPSA) is 103 Å². The summed E-state index contributed by atoms with van der Waals surface area (Å²) in [7, 11) is 1.03. The maximum Gasteiger partial charge on any atom is 0.310 e. The molecule has 0 aromatic carbocycles. The number of aromatic nitrogens is 1. The highest BCUT2D eigenvalue weighted by Crippen LogP contribution is 2.35. The molecule has 9 heteroatoms. The summed E-state index contributed by atoms with van der Waals surface area (Å²) in [4.78, 5) is 23.7. The van der Waals surface area contributed by atoms with Gasteiger partial charge < -0.3 is 9.84 Å². The minimum Gasteiger partial charge on any atom is -0.506 e. The van der Waals surface area contributed by atoms with Crippen LogP contribution in [0.4, 0.5) is 14.5 Å². The van der Waals surface area contributed by atoms with Gasteiger partial charge in [0.05, 0.1) is 30.2 Å². The molecule has 1 rings (SSSR count). The number of nitro groups is 1. The third kappa shape index (κ3) is 2.67. The number of alkyl halides is 2. The number of rotatable bonds is 4. The molecule has 0 bridgehead atoms. The lowest BCUT2D eigenvalue weighted by Gasteiger charge is -2.07. The van der Waals surface area contributed by atoms with E-state index in [1.807, 2.05) is 0 Å². The highest BCUT2D eigenvalue weighted by molar-refractivity contribution is 5.75. The quantitative estimate of drug-likeness (QED) is 0.499. The average molecular weight is 262 g/mol. The van der Waals surface area contributed by atoms with E-state index in [0.29, 0.717) is 6.20 Å². The lowest BCUT2D eigenvalue weighted by Crippen LogP contribution is -2.10. The molecule has 18 heavy (non-hydrogen) atoms. The van der Waals surface area contributed by atoms with Gasteiger partial charge in [-0.05, 0) is 0 Å². The Labute approximate surface area is 99.2 Å². The summed E-state index contributed by atoms with van der Waals surface area (Å²) in [5.41, 5.74) is -2.72. The molecule has 0 aliphatic rings. The largest absolute Gasteiger partial charge is 0.506 e. The minimum absolute atomic E-state index is 0.544. The van der Waals surface area contributed by atoms with E-state index in [-0.39, 0.29) is 0 Å². The molecule has 1 N–H and O–H groups in total. The van der Waals surface area contributed by atoms with E-state index in [2.05, 4.69) is 9.72 Å². The smallest absolute Gasteiger partial charge is 0.310 e. The zero-order chi connectivity index (χ0) is 13.9. The van der Waals surface area contributed by atoms with Crippen molar-refractivity contribution in [3.63, 3.8) is 0 Å². The van der Waals surface area contributed by atoms with E-state index in [1.165, 1.54) is 0 Å². The number of hydrogen-bond donors (Lipinski definition) is 1. The number of aromatic hydroxyl groups is 1. The Kier molecular flexibility index (Phi) is 4.08. The van der Waals surface area contributed by atoms with E-state index in [9.17, 15) is 28.8 Å². The number of esters is 1. The molecule has 0 aliphatic carbocycles. The summed E-state index contributed by atoms with van der Waals surface area (Å²) in [5.74, 6) is -1.61. The van der Waals surface area contributed by atoms with Gasteiger partial charge in [0, 0.05) is 0 Å². The first-order valence-electron chi connectivity index (χ1n) is 4.58. The Hall–Kier alpha value is -2.32. The van der Waals surface area contributed by atoms with E-state index >= 15 is 0 Å². The van der Waals surface area contributed by atoms with Crippen LogP contribution in [0, 0.1) is 10.1 Å². The highest BCUT2D eigenvalue weighted by Gasteiger charge is 2.31. The highest BCUT2D eigenvalue weighted by atomic mass is 19.3. The second-order valence-electron chi connectivity index (χ2n) is 3.17. The first kappa shape index (κ1) is 13.7. The van der Waals surface area contributed by atoms with Gasteiger partial charge in [-0.2, -0.15) is 0 Å². The van der Waals surface area contributed by atoms with Crippen molar-refractivity contribution in [2.45, 2.75) is 12.8 Å². The molecule has 1 aromatic rings. The van der Waals surface area contributed by atoms with Gasteiger partial charge in [0.15, 0.2) is 5.69 Å². The Morgan fingerprint density at radius 3 is 2.72 bits per heavy atom. The van der Waals surface area contributed by atoms with Gasteiger partial charge in [0.25, 0.3) is 6.43 Å². The Bertz CT molecular complexity index is 492. The maximum atomic E-state index is 12.6. The molecule has 0 saturated carbocycles. The van der Waals surface area contributed by atoms with Crippen molar-refractivity contribution in [3.8, 4) is 5.75 Å². The molecule has 0 saturated heterocycles. The predicted molar refractivity (Wildman–Crippen MR) is 53.2 cm³/mol. The molecule has 0 radical (unpaired) electrons. The van der Waals surface area contributed by atoms with Crippen molar-refractivity contribution >= 4 is 11.7 Å². The van der Waals surface area contributed by atoms with Crippen LogP contribution in [0.5, 0.6) is 5.75 Å². The van der Waals surface area contributed by atoms with Crippen molar-refractivity contribution in [2.75, 3.05) is 7.11 Å². The van der Waals surface area contributed by atoms with E-state index < -0.39 is 46.4 Å². The fourth-order valence-electron chi connectivity index (χ4n) is 1.30. The summed E-state index contributed by atoms with van der Waals surface area (Å²) in [6, 6.07) is 0. The van der Waals surface area contributed by atoms with Crippen molar-refractivity contribution in [3.05, 3.63) is 27.6 Å². The predicted octanol–water partition coefficient (Wildman–Crippen LogP) is 1.35. The summed E-state index contributed by atoms with van der Waals surface area (Å²) in [6.45, 7) is 0. The van der Waals surface area contributed by atoms with Crippen LogP contribution < -0.4 is 0 Å². The first-order chi connectivity index (χ1) is 8.38. The van der Waals surface area contributed by atoms with Crippen LogP contribution in [-0.2, 0) is 16.0 Å². The SMILES string of the molecule is COC(=O)Cc1c(O)cnc(C(F)F)c1[N+](=O)[O-]. The van der Waals surface area contributed by atoms with Gasteiger partial charge in [-0.3, -0.25) is 14.9 Å². The molecular formula is C9H8F2N2O5. The molecule has 7 nitrogen and oxygen atoms in total. The van der Waals surface area contributed by atoms with Crippen LogP contribution >= 0.6 is 0 Å². The number of halogens is 2. The fourth-order valence-corrected chi connectivity index (χ4v) is 1.30.